The van der Waals surface area contributed by atoms with E-state index in [0.29, 0.717) is 0 Å². The molecule has 1 fully saturated rings. The molecule has 4 rings (SSSR count). The smallest absolute Gasteiger partial charge is 0.0486 e. The molecule has 2 heterocycles. The summed E-state index contributed by atoms with van der Waals surface area (Å²) in [4.78, 5) is 0. The van der Waals surface area contributed by atoms with Crippen LogP contribution in [-0.2, 0) is 13.1 Å². The first-order valence-electron chi connectivity index (χ1n) is 7.21. The second-order valence-corrected chi connectivity index (χ2v) is 6.37. The fourth-order valence-corrected chi connectivity index (χ4v) is 3.38. The summed E-state index contributed by atoms with van der Waals surface area (Å²) in [5, 5.41) is 9.39. The molecule has 102 valence electrons. The Balaban J connectivity index is 1.68. The van der Waals surface area contributed by atoms with Gasteiger partial charge in [0, 0.05) is 36.2 Å². The van der Waals surface area contributed by atoms with Crippen LogP contribution in [-0.4, -0.2) is 10.6 Å². The molecule has 0 atom stereocenters. The summed E-state index contributed by atoms with van der Waals surface area (Å²) in [5.74, 6) is 0. The highest BCUT2D eigenvalue weighted by atomic mass is 32.1. The average Bonchev–Trinajstić information content (AvgIpc) is 3.05. The van der Waals surface area contributed by atoms with Gasteiger partial charge >= 0.3 is 0 Å². The number of nitrogens with zero attached hydrogens (tertiary/aromatic N) is 1. The summed E-state index contributed by atoms with van der Waals surface area (Å²) in [7, 11) is 0. The number of rotatable bonds is 5. The predicted octanol–water partition coefficient (Wildman–Crippen LogP) is 4.00. The maximum atomic E-state index is 3.63. The lowest BCUT2D eigenvalue weighted by Crippen LogP contribution is -2.14. The maximum absolute atomic E-state index is 3.63. The molecule has 1 aliphatic rings. The van der Waals surface area contributed by atoms with Gasteiger partial charge in [-0.1, -0.05) is 18.2 Å². The van der Waals surface area contributed by atoms with Crippen LogP contribution in [0.25, 0.3) is 10.9 Å². The second kappa shape index (κ2) is 5.08. The average molecular weight is 282 g/mol. The molecule has 0 radical (unpaired) electrons. The molecule has 3 aromatic rings. The minimum atomic E-state index is 0.758. The Morgan fingerprint density at radius 2 is 2.10 bits per heavy atom. The summed E-state index contributed by atoms with van der Waals surface area (Å²) in [6.07, 6.45) is 5.00. The van der Waals surface area contributed by atoms with Crippen LogP contribution in [0.1, 0.15) is 24.0 Å². The van der Waals surface area contributed by atoms with Crippen LogP contribution in [0.5, 0.6) is 0 Å². The molecular formula is C17H18N2S. The number of hydrogen-bond acceptors (Lipinski definition) is 2. The van der Waals surface area contributed by atoms with Crippen LogP contribution in [0.2, 0.25) is 0 Å². The SMILES string of the molecule is c1ccc2c(c1)c(CNC1CC1)cn2Cc1ccsc1. The minimum Gasteiger partial charge on any atom is -0.343 e. The van der Waals surface area contributed by atoms with Gasteiger partial charge in [0.25, 0.3) is 0 Å². The molecule has 1 N–H and O–H groups in total. The van der Waals surface area contributed by atoms with E-state index in [1.807, 2.05) is 0 Å². The number of fused-ring (bicyclic) bond motifs is 1. The van der Waals surface area contributed by atoms with E-state index in [2.05, 4.69) is 57.2 Å². The first kappa shape index (κ1) is 12.2. The van der Waals surface area contributed by atoms with Gasteiger partial charge in [-0.3, -0.25) is 0 Å². The molecule has 0 saturated heterocycles. The highest BCUT2D eigenvalue weighted by Gasteiger charge is 2.20. The van der Waals surface area contributed by atoms with Gasteiger partial charge in [-0.05, 0) is 46.9 Å². The number of thiophene rings is 1. The lowest BCUT2D eigenvalue weighted by atomic mass is 10.2. The highest BCUT2D eigenvalue weighted by Crippen LogP contribution is 2.25. The topological polar surface area (TPSA) is 17.0 Å². The van der Waals surface area contributed by atoms with Gasteiger partial charge in [0.1, 0.15) is 0 Å². The Bertz CT molecular complexity index is 708. The normalized spacial score (nSPS) is 15.0. The quantitative estimate of drug-likeness (QED) is 0.748. The first-order valence-corrected chi connectivity index (χ1v) is 8.15. The zero-order valence-corrected chi connectivity index (χ0v) is 12.2. The molecule has 20 heavy (non-hydrogen) atoms. The second-order valence-electron chi connectivity index (χ2n) is 5.59. The summed E-state index contributed by atoms with van der Waals surface area (Å²) in [6.45, 7) is 1.95. The zero-order chi connectivity index (χ0) is 13.4. The fourth-order valence-electron chi connectivity index (χ4n) is 2.72. The van der Waals surface area contributed by atoms with Crippen LogP contribution in [0.4, 0.5) is 0 Å². The third kappa shape index (κ3) is 2.39. The Morgan fingerprint density at radius 3 is 2.90 bits per heavy atom. The van der Waals surface area contributed by atoms with Crippen molar-refractivity contribution in [1.29, 1.82) is 0 Å². The molecule has 0 unspecified atom stereocenters. The molecular weight excluding hydrogens is 264 g/mol. The third-order valence-electron chi connectivity index (χ3n) is 3.96. The first-order chi connectivity index (χ1) is 9.90. The number of para-hydroxylation sites is 1. The van der Waals surface area contributed by atoms with Gasteiger partial charge in [-0.15, -0.1) is 0 Å². The fraction of sp³-hybridized carbons (Fsp3) is 0.294. The summed E-state index contributed by atoms with van der Waals surface area (Å²) in [5.41, 5.74) is 4.14. The Hall–Kier alpha value is -1.58. The third-order valence-corrected chi connectivity index (χ3v) is 4.69. The molecule has 3 heteroatoms. The van der Waals surface area contributed by atoms with Crippen molar-refractivity contribution < 1.29 is 0 Å². The van der Waals surface area contributed by atoms with E-state index in [1.165, 1.54) is 34.9 Å². The Labute approximate surface area is 123 Å². The Morgan fingerprint density at radius 1 is 1.20 bits per heavy atom. The predicted molar refractivity (Wildman–Crippen MR) is 85.2 cm³/mol. The van der Waals surface area contributed by atoms with E-state index in [0.717, 1.165) is 19.1 Å². The summed E-state index contributed by atoms with van der Waals surface area (Å²) < 4.78 is 2.38. The van der Waals surface area contributed by atoms with Crippen LogP contribution < -0.4 is 5.32 Å². The van der Waals surface area contributed by atoms with Gasteiger partial charge in [-0.25, -0.2) is 0 Å². The van der Waals surface area contributed by atoms with E-state index in [4.69, 9.17) is 0 Å². The molecule has 2 nitrogen and oxygen atoms in total. The number of aromatic nitrogens is 1. The van der Waals surface area contributed by atoms with E-state index < -0.39 is 0 Å². The minimum absolute atomic E-state index is 0.758. The number of nitrogens with one attached hydrogen (secondary N) is 1. The van der Waals surface area contributed by atoms with Crippen molar-refractivity contribution in [3.05, 3.63) is 58.4 Å². The van der Waals surface area contributed by atoms with Crippen LogP contribution in [0, 0.1) is 0 Å². The van der Waals surface area contributed by atoms with Gasteiger partial charge in [0.2, 0.25) is 0 Å². The van der Waals surface area contributed by atoms with Gasteiger partial charge in [-0.2, -0.15) is 11.3 Å². The lowest BCUT2D eigenvalue weighted by molar-refractivity contribution is 0.687. The van der Waals surface area contributed by atoms with Gasteiger partial charge < -0.3 is 9.88 Å². The van der Waals surface area contributed by atoms with Crippen LogP contribution in [0.15, 0.2) is 47.3 Å². The van der Waals surface area contributed by atoms with Gasteiger partial charge in [0.05, 0.1) is 0 Å². The molecule has 0 spiro atoms. The molecule has 1 aromatic carbocycles. The molecule has 0 aliphatic heterocycles. The molecule has 0 amide bonds. The van der Waals surface area contributed by atoms with E-state index in [-0.39, 0.29) is 0 Å². The maximum Gasteiger partial charge on any atom is 0.0486 e. The molecule has 2 aromatic heterocycles. The van der Waals surface area contributed by atoms with Crippen molar-refractivity contribution in [2.45, 2.75) is 32.0 Å². The standard InChI is InChI=1S/C17H18N2S/c1-2-4-17-16(3-1)14(9-18-15-5-6-15)11-19(17)10-13-7-8-20-12-13/h1-4,7-8,11-12,15,18H,5-6,9-10H2. The van der Waals surface area contributed by atoms with Crippen LogP contribution in [0.3, 0.4) is 0 Å². The van der Waals surface area contributed by atoms with Crippen molar-refractivity contribution in [3.63, 3.8) is 0 Å². The number of hydrogen-bond donors (Lipinski definition) is 1. The molecule has 0 bridgehead atoms. The van der Waals surface area contributed by atoms with E-state index in [1.54, 1.807) is 11.3 Å². The monoisotopic (exact) mass is 282 g/mol. The largest absolute Gasteiger partial charge is 0.343 e. The van der Waals surface area contributed by atoms with Crippen molar-refractivity contribution in [2.24, 2.45) is 0 Å². The lowest BCUT2D eigenvalue weighted by Gasteiger charge is -2.02. The van der Waals surface area contributed by atoms with E-state index >= 15 is 0 Å². The summed E-state index contributed by atoms with van der Waals surface area (Å²) >= 11 is 1.77. The molecule has 1 aliphatic carbocycles. The zero-order valence-electron chi connectivity index (χ0n) is 11.4. The van der Waals surface area contributed by atoms with Gasteiger partial charge in [0.15, 0.2) is 0 Å². The van der Waals surface area contributed by atoms with E-state index in [9.17, 15) is 0 Å². The van der Waals surface area contributed by atoms with Crippen molar-refractivity contribution >= 4 is 22.2 Å². The Kier molecular flexibility index (Phi) is 3.09. The number of benzene rings is 1. The van der Waals surface area contributed by atoms with Crippen molar-refractivity contribution in [2.75, 3.05) is 0 Å². The van der Waals surface area contributed by atoms with Crippen molar-refractivity contribution in [1.82, 2.24) is 9.88 Å². The van der Waals surface area contributed by atoms with Crippen molar-refractivity contribution in [3.8, 4) is 0 Å². The van der Waals surface area contributed by atoms with Crippen LogP contribution >= 0.6 is 11.3 Å². The molecule has 1 saturated carbocycles. The highest BCUT2D eigenvalue weighted by molar-refractivity contribution is 7.07. The summed E-state index contributed by atoms with van der Waals surface area (Å²) in [6, 6.07) is 11.7.